The van der Waals surface area contributed by atoms with E-state index in [1.165, 1.54) is 24.5 Å². The monoisotopic (exact) mass is 349 g/mol. The zero-order valence-electron chi connectivity index (χ0n) is 11.8. The Hall–Kier alpha value is -1.22. The van der Waals surface area contributed by atoms with Crippen molar-refractivity contribution in [1.29, 1.82) is 0 Å². The van der Waals surface area contributed by atoms with Gasteiger partial charge in [0.1, 0.15) is 0 Å². The van der Waals surface area contributed by atoms with Gasteiger partial charge in [0, 0.05) is 18.0 Å². The van der Waals surface area contributed by atoms with Gasteiger partial charge < -0.3 is 4.55 Å². The van der Waals surface area contributed by atoms with Crippen LogP contribution in [0, 0.1) is 0 Å². The zero-order chi connectivity index (χ0) is 16.5. The highest BCUT2D eigenvalue weighted by molar-refractivity contribution is 7.95. The summed E-state index contributed by atoms with van der Waals surface area (Å²) in [6.45, 7) is 1.69. The molecule has 1 heterocycles. The van der Waals surface area contributed by atoms with E-state index in [0.29, 0.717) is 6.07 Å². The summed E-state index contributed by atoms with van der Waals surface area (Å²) in [6, 6.07) is 6.89. The van der Waals surface area contributed by atoms with Gasteiger partial charge in [-0.25, -0.2) is 0 Å². The van der Waals surface area contributed by atoms with E-state index in [-0.39, 0.29) is 4.90 Å². The summed E-state index contributed by atoms with van der Waals surface area (Å²) in [4.78, 5) is 0.450. The fourth-order valence-electron chi connectivity index (χ4n) is 1.92. The van der Waals surface area contributed by atoms with Crippen LogP contribution in [0.2, 0.25) is 0 Å². The van der Waals surface area contributed by atoms with Crippen LogP contribution in [-0.2, 0) is 20.8 Å². The minimum Gasteiger partial charge on any atom is -0.593 e. The van der Waals surface area contributed by atoms with E-state index < -0.39 is 28.2 Å². The van der Waals surface area contributed by atoms with Crippen LogP contribution in [0.1, 0.15) is 23.4 Å². The van der Waals surface area contributed by atoms with Gasteiger partial charge >= 0.3 is 6.18 Å². The highest BCUT2D eigenvalue weighted by Gasteiger charge is 2.36. The van der Waals surface area contributed by atoms with Crippen molar-refractivity contribution in [2.24, 2.45) is 0 Å². The minimum atomic E-state index is -4.58. The molecule has 0 radical (unpaired) electrons. The van der Waals surface area contributed by atoms with Gasteiger partial charge in [-0.3, -0.25) is 0 Å². The van der Waals surface area contributed by atoms with Crippen LogP contribution < -0.4 is 0 Å². The number of hydrogen-bond acceptors (Lipinski definition) is 3. The molecule has 1 aromatic heterocycles. The van der Waals surface area contributed by atoms with Crippen molar-refractivity contribution in [3.05, 3.63) is 52.2 Å². The van der Waals surface area contributed by atoms with E-state index >= 15 is 0 Å². The van der Waals surface area contributed by atoms with Crippen molar-refractivity contribution in [2.45, 2.75) is 24.0 Å². The third-order valence-electron chi connectivity index (χ3n) is 3.34. The van der Waals surface area contributed by atoms with Gasteiger partial charge in [0.05, 0.1) is 11.6 Å². The molecule has 0 N–H and O–H groups in total. The van der Waals surface area contributed by atoms with Crippen molar-refractivity contribution in [2.75, 3.05) is 7.05 Å². The molecule has 2 unspecified atom stereocenters. The van der Waals surface area contributed by atoms with Crippen molar-refractivity contribution in [3.8, 4) is 0 Å². The van der Waals surface area contributed by atoms with E-state index in [0.717, 1.165) is 21.3 Å². The molecule has 0 aliphatic heterocycles. The molecule has 0 fully saturated rings. The first-order chi connectivity index (χ1) is 10.1. The molecule has 2 aromatic rings. The van der Waals surface area contributed by atoms with Crippen LogP contribution in [-0.4, -0.2) is 15.9 Å². The SMILES string of the molecule is CC(c1cccs1)N(C)[S+](=O)([O-])c1cccc(C(F)(F)F)c1. The summed E-state index contributed by atoms with van der Waals surface area (Å²) in [6.07, 6.45) is -4.58. The number of halogens is 3. The van der Waals surface area contributed by atoms with Crippen LogP contribution >= 0.6 is 11.3 Å². The number of thiophene rings is 1. The smallest absolute Gasteiger partial charge is 0.416 e. The maximum absolute atomic E-state index is 12.7. The Bertz CT molecular complexity index is 686. The molecule has 0 bridgehead atoms. The lowest BCUT2D eigenvalue weighted by molar-refractivity contribution is -0.137. The topological polar surface area (TPSA) is 43.4 Å². The van der Waals surface area contributed by atoms with Crippen LogP contribution in [0.3, 0.4) is 0 Å². The van der Waals surface area contributed by atoms with Gasteiger partial charge in [0.25, 0.3) is 0 Å². The first-order valence-corrected chi connectivity index (χ1v) is 8.64. The third kappa shape index (κ3) is 3.40. The predicted molar refractivity (Wildman–Crippen MR) is 79.0 cm³/mol. The van der Waals surface area contributed by atoms with Crippen molar-refractivity contribution >= 4 is 21.7 Å². The molecule has 0 aliphatic rings. The average molecular weight is 349 g/mol. The Balaban J connectivity index is 2.36. The summed E-state index contributed by atoms with van der Waals surface area (Å²) in [5, 5.41) is 1.82. The molecule has 0 amide bonds. The lowest BCUT2D eigenvalue weighted by atomic mass is 10.2. The summed E-state index contributed by atoms with van der Waals surface area (Å²) in [5.74, 6) is 0. The first kappa shape index (κ1) is 17.1. The first-order valence-electron chi connectivity index (χ1n) is 6.32. The quantitative estimate of drug-likeness (QED) is 0.770. The standard InChI is InChI=1S/C14H14F3NO2S2/c1-10(13-7-4-8-21-13)18(2)22(19,20)12-6-3-5-11(9-12)14(15,16)17/h3-10H,1-2H3. The van der Waals surface area contributed by atoms with Crippen molar-refractivity contribution in [1.82, 2.24) is 4.31 Å². The minimum absolute atomic E-state index is 0.367. The fourth-order valence-corrected chi connectivity index (χ4v) is 4.20. The molecule has 0 saturated heterocycles. The normalized spacial score (nSPS) is 16.5. The van der Waals surface area contributed by atoms with Crippen molar-refractivity contribution in [3.63, 3.8) is 0 Å². The fraction of sp³-hybridized carbons (Fsp3) is 0.286. The van der Waals surface area contributed by atoms with Crippen LogP contribution in [0.4, 0.5) is 13.2 Å². The van der Waals surface area contributed by atoms with Gasteiger partial charge in [-0.05, 0) is 30.5 Å². The van der Waals surface area contributed by atoms with Gasteiger partial charge in [0.2, 0.25) is 0 Å². The molecule has 0 aliphatic carbocycles. The molecule has 2 atom stereocenters. The Labute approximate surface area is 131 Å². The molecule has 8 heteroatoms. The summed E-state index contributed by atoms with van der Waals surface area (Å²) < 4.78 is 64.3. The number of sulfonamides is 1. The summed E-state index contributed by atoms with van der Waals surface area (Å²) in [7, 11) is -2.65. The van der Waals surface area contributed by atoms with E-state index in [2.05, 4.69) is 0 Å². The number of hydrogen-bond donors (Lipinski definition) is 0. The van der Waals surface area contributed by atoms with Gasteiger partial charge in [0.15, 0.2) is 15.3 Å². The van der Waals surface area contributed by atoms with Crippen LogP contribution in [0.15, 0.2) is 46.7 Å². The molecule has 120 valence electrons. The highest BCUT2D eigenvalue weighted by Crippen LogP contribution is 2.35. The molecular formula is C14H14F3NO2S2. The zero-order valence-corrected chi connectivity index (χ0v) is 13.5. The Morgan fingerprint density at radius 1 is 1.27 bits per heavy atom. The predicted octanol–water partition coefficient (Wildman–Crippen LogP) is 4.36. The molecule has 2 rings (SSSR count). The van der Waals surface area contributed by atoms with Gasteiger partial charge in [-0.2, -0.15) is 13.2 Å². The van der Waals surface area contributed by atoms with Gasteiger partial charge in [-0.15, -0.1) is 15.6 Å². The molecule has 0 saturated carbocycles. The summed E-state index contributed by atoms with van der Waals surface area (Å²) in [5.41, 5.74) is -0.981. The Kier molecular flexibility index (Phi) is 4.76. The molecule has 3 nitrogen and oxygen atoms in total. The molecular weight excluding hydrogens is 335 g/mol. The summed E-state index contributed by atoms with van der Waals surface area (Å²) >= 11 is 1.39. The van der Waals surface area contributed by atoms with E-state index in [1.54, 1.807) is 19.1 Å². The highest BCUT2D eigenvalue weighted by atomic mass is 32.3. The second-order valence-corrected chi connectivity index (χ2v) is 7.72. The Morgan fingerprint density at radius 2 is 1.95 bits per heavy atom. The number of alkyl halides is 3. The lowest BCUT2D eigenvalue weighted by Crippen LogP contribution is -2.34. The number of benzene rings is 1. The van der Waals surface area contributed by atoms with Crippen molar-refractivity contribution < 1.29 is 21.9 Å². The van der Waals surface area contributed by atoms with E-state index in [9.17, 15) is 21.9 Å². The number of nitrogens with zero attached hydrogens (tertiary/aromatic N) is 1. The third-order valence-corrected chi connectivity index (χ3v) is 6.31. The average Bonchev–Trinajstić information content (AvgIpc) is 2.99. The molecule has 22 heavy (non-hydrogen) atoms. The van der Waals surface area contributed by atoms with Crippen LogP contribution in [0.5, 0.6) is 0 Å². The maximum atomic E-state index is 12.7. The Morgan fingerprint density at radius 3 is 2.50 bits per heavy atom. The lowest BCUT2D eigenvalue weighted by Gasteiger charge is -2.28. The van der Waals surface area contributed by atoms with E-state index in [1.807, 2.05) is 5.38 Å². The largest absolute Gasteiger partial charge is 0.593 e. The molecule has 0 spiro atoms. The number of rotatable bonds is 4. The van der Waals surface area contributed by atoms with E-state index in [4.69, 9.17) is 0 Å². The van der Waals surface area contributed by atoms with Crippen LogP contribution in [0.25, 0.3) is 0 Å². The maximum Gasteiger partial charge on any atom is 0.416 e. The second-order valence-electron chi connectivity index (χ2n) is 4.74. The second kappa shape index (κ2) is 6.11. The molecule has 1 aromatic carbocycles. The van der Waals surface area contributed by atoms with Gasteiger partial charge in [-0.1, -0.05) is 16.3 Å².